The zero-order valence-electron chi connectivity index (χ0n) is 11.6. The Kier molecular flexibility index (Phi) is 6.29. The first-order chi connectivity index (χ1) is 9.13. The minimum Gasteiger partial charge on any atom is -0.340 e. The van der Waals surface area contributed by atoms with Crippen LogP contribution in [0.15, 0.2) is 25.3 Å². The highest BCUT2D eigenvalue weighted by molar-refractivity contribution is 5.89. The lowest BCUT2D eigenvalue weighted by Crippen LogP contribution is -2.56. The molecule has 106 valence electrons. The predicted octanol–water partition coefficient (Wildman–Crippen LogP) is 0.397. The van der Waals surface area contributed by atoms with E-state index in [4.69, 9.17) is 0 Å². The smallest absolute Gasteiger partial charge is 0.240 e. The van der Waals surface area contributed by atoms with Crippen LogP contribution in [0.4, 0.5) is 0 Å². The SMILES string of the molecule is C=CCN(CC=C)C(=O)CC1NCCN(CC)C1=O. The first-order valence-electron chi connectivity index (χ1n) is 6.65. The van der Waals surface area contributed by atoms with Gasteiger partial charge in [-0.05, 0) is 6.92 Å². The highest BCUT2D eigenvalue weighted by atomic mass is 16.2. The summed E-state index contributed by atoms with van der Waals surface area (Å²) in [7, 11) is 0. The Morgan fingerprint density at radius 1 is 1.47 bits per heavy atom. The molecule has 1 saturated heterocycles. The number of rotatable bonds is 7. The molecule has 1 rings (SSSR count). The van der Waals surface area contributed by atoms with Crippen LogP contribution < -0.4 is 5.32 Å². The second kappa shape index (κ2) is 7.74. The summed E-state index contributed by atoms with van der Waals surface area (Å²) in [5, 5.41) is 3.11. The summed E-state index contributed by atoms with van der Waals surface area (Å²) in [5.74, 6) is -0.0390. The monoisotopic (exact) mass is 265 g/mol. The number of piperazine rings is 1. The van der Waals surface area contributed by atoms with E-state index in [0.29, 0.717) is 26.2 Å². The molecule has 5 heteroatoms. The van der Waals surface area contributed by atoms with Crippen molar-refractivity contribution in [3.05, 3.63) is 25.3 Å². The number of nitrogens with one attached hydrogen (secondary N) is 1. The molecule has 1 aliphatic rings. The molecule has 1 atom stereocenters. The molecule has 0 aromatic rings. The van der Waals surface area contributed by atoms with Crippen LogP contribution in [-0.2, 0) is 9.59 Å². The summed E-state index contributed by atoms with van der Waals surface area (Å²) in [6.45, 7) is 12.3. The van der Waals surface area contributed by atoms with Crippen LogP contribution in [-0.4, -0.2) is 60.4 Å². The van der Waals surface area contributed by atoms with Crippen molar-refractivity contribution in [2.45, 2.75) is 19.4 Å². The molecule has 0 spiro atoms. The van der Waals surface area contributed by atoms with E-state index in [1.54, 1.807) is 22.0 Å². The summed E-state index contributed by atoms with van der Waals surface area (Å²) in [6.07, 6.45) is 3.54. The Morgan fingerprint density at radius 2 is 2.11 bits per heavy atom. The second-order valence-electron chi connectivity index (χ2n) is 4.50. The average Bonchev–Trinajstić information content (AvgIpc) is 2.41. The van der Waals surface area contributed by atoms with E-state index in [1.165, 1.54) is 0 Å². The number of likely N-dealkylation sites (N-methyl/N-ethyl adjacent to an activating group) is 1. The fraction of sp³-hybridized carbons (Fsp3) is 0.571. The number of carbonyl (C=O) groups is 2. The number of hydrogen-bond acceptors (Lipinski definition) is 3. The first-order valence-corrected chi connectivity index (χ1v) is 6.65. The van der Waals surface area contributed by atoms with Crippen molar-refractivity contribution in [2.75, 3.05) is 32.7 Å². The van der Waals surface area contributed by atoms with Gasteiger partial charge in [0.25, 0.3) is 0 Å². The van der Waals surface area contributed by atoms with Gasteiger partial charge in [-0.2, -0.15) is 0 Å². The Hall–Kier alpha value is -1.62. The predicted molar refractivity (Wildman–Crippen MR) is 75.6 cm³/mol. The van der Waals surface area contributed by atoms with Gasteiger partial charge in [0.15, 0.2) is 0 Å². The van der Waals surface area contributed by atoms with E-state index in [9.17, 15) is 9.59 Å². The minimum absolute atomic E-state index is 0.0132. The quantitative estimate of drug-likeness (QED) is 0.678. The third-order valence-corrected chi connectivity index (χ3v) is 3.19. The second-order valence-corrected chi connectivity index (χ2v) is 4.50. The highest BCUT2D eigenvalue weighted by Gasteiger charge is 2.30. The van der Waals surface area contributed by atoms with Crippen LogP contribution in [0.1, 0.15) is 13.3 Å². The van der Waals surface area contributed by atoms with Crippen molar-refractivity contribution in [1.29, 1.82) is 0 Å². The van der Waals surface area contributed by atoms with Crippen LogP contribution in [0.5, 0.6) is 0 Å². The fourth-order valence-corrected chi connectivity index (χ4v) is 2.16. The number of hydrogen-bond donors (Lipinski definition) is 1. The van der Waals surface area contributed by atoms with E-state index >= 15 is 0 Å². The van der Waals surface area contributed by atoms with Crippen molar-refractivity contribution < 1.29 is 9.59 Å². The van der Waals surface area contributed by atoms with Crippen LogP contribution in [0.3, 0.4) is 0 Å². The van der Waals surface area contributed by atoms with E-state index < -0.39 is 6.04 Å². The molecule has 5 nitrogen and oxygen atoms in total. The van der Waals surface area contributed by atoms with Crippen molar-refractivity contribution in [2.24, 2.45) is 0 Å². The largest absolute Gasteiger partial charge is 0.340 e. The summed E-state index contributed by atoms with van der Waals surface area (Å²) in [5.41, 5.74) is 0. The summed E-state index contributed by atoms with van der Waals surface area (Å²) >= 11 is 0. The molecular weight excluding hydrogens is 242 g/mol. The van der Waals surface area contributed by atoms with Gasteiger partial charge in [0.1, 0.15) is 0 Å². The van der Waals surface area contributed by atoms with Gasteiger partial charge in [-0.3, -0.25) is 9.59 Å². The maximum absolute atomic E-state index is 12.2. The molecule has 0 saturated carbocycles. The third kappa shape index (κ3) is 4.21. The van der Waals surface area contributed by atoms with E-state index in [1.807, 2.05) is 6.92 Å². The summed E-state index contributed by atoms with van der Waals surface area (Å²) in [6, 6.07) is -0.404. The van der Waals surface area contributed by atoms with Crippen molar-refractivity contribution >= 4 is 11.8 Å². The van der Waals surface area contributed by atoms with Gasteiger partial charge in [0.05, 0.1) is 12.5 Å². The van der Waals surface area contributed by atoms with Gasteiger partial charge in [-0.1, -0.05) is 12.2 Å². The molecule has 2 amide bonds. The van der Waals surface area contributed by atoms with Gasteiger partial charge < -0.3 is 15.1 Å². The van der Waals surface area contributed by atoms with Crippen LogP contribution in [0.25, 0.3) is 0 Å². The minimum atomic E-state index is -0.404. The average molecular weight is 265 g/mol. The summed E-state index contributed by atoms with van der Waals surface area (Å²) < 4.78 is 0. The molecule has 1 heterocycles. The molecular formula is C14H23N3O2. The first kappa shape index (κ1) is 15.4. The van der Waals surface area contributed by atoms with Crippen LogP contribution >= 0.6 is 0 Å². The Balaban J connectivity index is 2.60. The van der Waals surface area contributed by atoms with Crippen LogP contribution in [0, 0.1) is 0 Å². The Morgan fingerprint density at radius 3 is 2.63 bits per heavy atom. The van der Waals surface area contributed by atoms with Gasteiger partial charge in [0, 0.05) is 32.7 Å². The molecule has 0 aromatic carbocycles. The van der Waals surface area contributed by atoms with E-state index in [2.05, 4.69) is 18.5 Å². The topological polar surface area (TPSA) is 52.7 Å². The number of nitrogens with zero attached hydrogens (tertiary/aromatic N) is 2. The van der Waals surface area contributed by atoms with Crippen LogP contribution in [0.2, 0.25) is 0 Å². The van der Waals surface area contributed by atoms with Gasteiger partial charge in [-0.15, -0.1) is 13.2 Å². The Bertz CT molecular complexity index is 345. The van der Waals surface area contributed by atoms with Gasteiger partial charge in [0.2, 0.25) is 11.8 Å². The lowest BCUT2D eigenvalue weighted by Gasteiger charge is -2.33. The standard InChI is InChI=1S/C14H23N3O2/c1-4-8-17(9-5-2)13(18)11-12-14(19)16(6-3)10-7-15-12/h4-5,12,15H,1-2,6-11H2,3H3. The zero-order valence-corrected chi connectivity index (χ0v) is 11.6. The lowest BCUT2D eigenvalue weighted by molar-refractivity contribution is -0.140. The molecule has 0 bridgehead atoms. The van der Waals surface area contributed by atoms with Gasteiger partial charge >= 0.3 is 0 Å². The zero-order chi connectivity index (χ0) is 14.3. The number of amides is 2. The third-order valence-electron chi connectivity index (χ3n) is 3.19. The molecule has 1 aliphatic heterocycles. The van der Waals surface area contributed by atoms with Crippen molar-refractivity contribution in [1.82, 2.24) is 15.1 Å². The maximum Gasteiger partial charge on any atom is 0.240 e. The molecule has 0 radical (unpaired) electrons. The molecule has 1 N–H and O–H groups in total. The van der Waals surface area contributed by atoms with E-state index in [-0.39, 0.29) is 18.2 Å². The normalized spacial score (nSPS) is 19.1. The highest BCUT2D eigenvalue weighted by Crippen LogP contribution is 2.07. The lowest BCUT2D eigenvalue weighted by atomic mass is 10.1. The summed E-state index contributed by atoms with van der Waals surface area (Å²) in [4.78, 5) is 27.7. The van der Waals surface area contributed by atoms with Crippen molar-refractivity contribution in [3.63, 3.8) is 0 Å². The molecule has 19 heavy (non-hydrogen) atoms. The molecule has 1 fully saturated rings. The molecule has 1 unspecified atom stereocenters. The van der Waals surface area contributed by atoms with Crippen molar-refractivity contribution in [3.8, 4) is 0 Å². The van der Waals surface area contributed by atoms with E-state index in [0.717, 1.165) is 6.54 Å². The molecule has 0 aliphatic carbocycles. The van der Waals surface area contributed by atoms with Gasteiger partial charge in [-0.25, -0.2) is 0 Å². The maximum atomic E-state index is 12.2. The number of carbonyl (C=O) groups excluding carboxylic acids is 2. The Labute approximate surface area is 114 Å². The fourth-order valence-electron chi connectivity index (χ4n) is 2.16. The molecule has 0 aromatic heterocycles.